The summed E-state index contributed by atoms with van der Waals surface area (Å²) in [5.41, 5.74) is 1.97. The van der Waals surface area contributed by atoms with Gasteiger partial charge in [0.1, 0.15) is 11.4 Å². The Morgan fingerprint density at radius 3 is 2.58 bits per heavy atom. The zero-order valence-corrected chi connectivity index (χ0v) is 11.0. The van der Waals surface area contributed by atoms with Crippen molar-refractivity contribution >= 4 is 6.08 Å². The summed E-state index contributed by atoms with van der Waals surface area (Å²) in [6, 6.07) is 3.89. The van der Waals surface area contributed by atoms with Gasteiger partial charge in [0.05, 0.1) is 0 Å². The molecular weight excluding hydrogens is 241 g/mol. The molecule has 1 saturated carbocycles. The second-order valence-electron chi connectivity index (χ2n) is 5.71. The summed E-state index contributed by atoms with van der Waals surface area (Å²) in [5.74, 6) is -0.113. The van der Waals surface area contributed by atoms with Crippen LogP contribution in [-0.2, 0) is 23.2 Å². The summed E-state index contributed by atoms with van der Waals surface area (Å²) in [4.78, 5) is 14.7. The molecule has 3 rings (SSSR count). The first-order valence-electron chi connectivity index (χ1n) is 7.17. The fourth-order valence-corrected chi connectivity index (χ4v) is 3.63. The molecule has 2 nitrogen and oxygen atoms in total. The van der Waals surface area contributed by atoms with Gasteiger partial charge in [0.2, 0.25) is 6.08 Å². The molecule has 100 valence electrons. The number of aliphatic imine (C=N–C) groups is 1. The van der Waals surface area contributed by atoms with Crippen molar-refractivity contribution in [3.63, 3.8) is 0 Å². The van der Waals surface area contributed by atoms with Gasteiger partial charge in [-0.15, -0.1) is 0 Å². The van der Waals surface area contributed by atoms with E-state index >= 15 is 0 Å². The molecule has 0 atom stereocenters. The minimum absolute atomic E-state index is 0.113. The molecule has 3 heteroatoms. The lowest BCUT2D eigenvalue weighted by atomic mass is 9.82. The summed E-state index contributed by atoms with van der Waals surface area (Å²) in [7, 11) is 0. The normalized spacial score (nSPS) is 20.7. The van der Waals surface area contributed by atoms with Crippen LogP contribution in [0.15, 0.2) is 17.1 Å². The molecule has 0 heterocycles. The van der Waals surface area contributed by atoms with E-state index in [1.54, 1.807) is 6.08 Å². The summed E-state index contributed by atoms with van der Waals surface area (Å²) < 4.78 is 14.8. The van der Waals surface area contributed by atoms with Crippen molar-refractivity contribution in [2.24, 2.45) is 4.99 Å². The molecule has 0 radical (unpaired) electrons. The van der Waals surface area contributed by atoms with Crippen molar-refractivity contribution in [3.8, 4) is 0 Å². The van der Waals surface area contributed by atoms with Crippen LogP contribution in [0.4, 0.5) is 4.39 Å². The second kappa shape index (κ2) is 4.90. The van der Waals surface area contributed by atoms with Crippen LogP contribution in [0.25, 0.3) is 0 Å². The number of hydrogen-bond donors (Lipinski definition) is 0. The van der Waals surface area contributed by atoms with E-state index in [4.69, 9.17) is 0 Å². The van der Waals surface area contributed by atoms with Gasteiger partial charge in [-0.1, -0.05) is 25.0 Å². The fraction of sp³-hybridized carbons (Fsp3) is 0.562. The molecule has 2 aliphatic rings. The first-order valence-corrected chi connectivity index (χ1v) is 7.17. The average molecular weight is 259 g/mol. The Hall–Kier alpha value is -1.47. The van der Waals surface area contributed by atoms with Crippen molar-refractivity contribution in [3.05, 3.63) is 34.6 Å². The van der Waals surface area contributed by atoms with Crippen LogP contribution in [0, 0.1) is 5.82 Å². The quantitative estimate of drug-likeness (QED) is 0.586. The van der Waals surface area contributed by atoms with E-state index in [-0.39, 0.29) is 5.82 Å². The number of aryl methyl sites for hydroxylation is 1. The summed E-state index contributed by atoms with van der Waals surface area (Å²) in [6.07, 6.45) is 9.17. The smallest absolute Gasteiger partial charge is 0.211 e. The van der Waals surface area contributed by atoms with Gasteiger partial charge in [0, 0.05) is 5.56 Å². The fourth-order valence-electron chi connectivity index (χ4n) is 3.63. The van der Waals surface area contributed by atoms with Crippen molar-refractivity contribution < 1.29 is 9.18 Å². The molecule has 1 aromatic rings. The molecule has 0 N–H and O–H groups in total. The maximum absolute atomic E-state index is 14.8. The topological polar surface area (TPSA) is 29.4 Å². The summed E-state index contributed by atoms with van der Waals surface area (Å²) in [5, 5.41) is 0. The molecule has 0 bridgehead atoms. The molecule has 1 fully saturated rings. The maximum atomic E-state index is 14.8. The zero-order valence-electron chi connectivity index (χ0n) is 11.0. The Kier molecular flexibility index (Phi) is 3.24. The number of nitrogens with zero attached hydrogens (tertiary/aromatic N) is 1. The van der Waals surface area contributed by atoms with Gasteiger partial charge < -0.3 is 0 Å². The van der Waals surface area contributed by atoms with Crippen molar-refractivity contribution in [1.29, 1.82) is 0 Å². The highest BCUT2D eigenvalue weighted by Crippen LogP contribution is 2.44. The Labute approximate surface area is 112 Å². The van der Waals surface area contributed by atoms with E-state index in [0.29, 0.717) is 5.56 Å². The standard InChI is InChI=1S/C16H18FNO/c17-15-13-6-2-1-5-12(13)7-8-14(15)16(18-11-19)9-3-4-10-16/h7-8H,1-6,9-10H2. The number of carbonyl (C=O) groups excluding carboxylic acids is 1. The van der Waals surface area contributed by atoms with E-state index < -0.39 is 5.54 Å². The Balaban J connectivity index is 2.12. The lowest BCUT2D eigenvalue weighted by Gasteiger charge is -2.26. The third-order valence-electron chi connectivity index (χ3n) is 4.65. The Morgan fingerprint density at radius 1 is 1.11 bits per heavy atom. The number of benzene rings is 1. The highest BCUT2D eigenvalue weighted by atomic mass is 19.1. The first-order chi connectivity index (χ1) is 9.27. The monoisotopic (exact) mass is 259 g/mol. The molecule has 19 heavy (non-hydrogen) atoms. The van der Waals surface area contributed by atoms with Crippen molar-refractivity contribution in [2.75, 3.05) is 0 Å². The van der Waals surface area contributed by atoms with Crippen molar-refractivity contribution in [2.45, 2.75) is 56.9 Å². The third kappa shape index (κ3) is 2.02. The molecule has 2 aliphatic carbocycles. The molecule has 1 aromatic carbocycles. The van der Waals surface area contributed by atoms with E-state index in [2.05, 4.69) is 4.99 Å². The Bertz CT molecular complexity index is 540. The average Bonchev–Trinajstić information content (AvgIpc) is 2.89. The second-order valence-corrected chi connectivity index (χ2v) is 5.71. The maximum Gasteiger partial charge on any atom is 0.235 e. The van der Waals surface area contributed by atoms with Gasteiger partial charge in [-0.3, -0.25) is 0 Å². The predicted molar refractivity (Wildman–Crippen MR) is 71.3 cm³/mol. The van der Waals surface area contributed by atoms with Gasteiger partial charge in [-0.2, -0.15) is 4.99 Å². The number of hydrogen-bond acceptors (Lipinski definition) is 2. The largest absolute Gasteiger partial charge is 0.235 e. The minimum atomic E-state index is -0.641. The van der Waals surface area contributed by atoms with Crippen LogP contribution in [0.1, 0.15) is 55.2 Å². The zero-order chi connectivity index (χ0) is 13.3. The van der Waals surface area contributed by atoms with Crippen LogP contribution in [0.5, 0.6) is 0 Å². The van der Waals surface area contributed by atoms with Gasteiger partial charge in [-0.25, -0.2) is 9.18 Å². The first kappa shape index (κ1) is 12.6. The Morgan fingerprint density at radius 2 is 1.84 bits per heavy atom. The van der Waals surface area contributed by atoms with Gasteiger partial charge in [-0.05, 0) is 49.7 Å². The third-order valence-corrected chi connectivity index (χ3v) is 4.65. The number of fused-ring (bicyclic) bond motifs is 1. The van der Waals surface area contributed by atoms with Crippen LogP contribution < -0.4 is 0 Å². The van der Waals surface area contributed by atoms with Crippen molar-refractivity contribution in [1.82, 2.24) is 0 Å². The van der Waals surface area contributed by atoms with Gasteiger partial charge in [0.25, 0.3) is 0 Å². The molecule has 0 unspecified atom stereocenters. The molecular formula is C16H18FNO. The van der Waals surface area contributed by atoms with Crippen LogP contribution >= 0.6 is 0 Å². The molecule has 0 aliphatic heterocycles. The molecule has 0 amide bonds. The summed E-state index contributed by atoms with van der Waals surface area (Å²) >= 11 is 0. The van der Waals surface area contributed by atoms with Gasteiger partial charge >= 0.3 is 0 Å². The number of isocyanates is 1. The lowest BCUT2D eigenvalue weighted by Crippen LogP contribution is -2.22. The minimum Gasteiger partial charge on any atom is -0.211 e. The molecule has 0 saturated heterocycles. The van der Waals surface area contributed by atoms with Crippen LogP contribution in [0.3, 0.4) is 0 Å². The lowest BCUT2D eigenvalue weighted by molar-refractivity contribution is 0.425. The number of rotatable bonds is 2. The van der Waals surface area contributed by atoms with E-state index in [1.807, 2.05) is 12.1 Å². The number of halogens is 1. The van der Waals surface area contributed by atoms with Crippen LogP contribution in [0.2, 0.25) is 0 Å². The highest BCUT2D eigenvalue weighted by molar-refractivity contribution is 5.43. The van der Waals surface area contributed by atoms with Gasteiger partial charge in [0.15, 0.2) is 0 Å². The van der Waals surface area contributed by atoms with E-state index in [0.717, 1.165) is 62.5 Å². The highest BCUT2D eigenvalue weighted by Gasteiger charge is 2.38. The molecule has 0 aromatic heterocycles. The SMILES string of the molecule is O=C=NC1(c2ccc3c(c2F)CCCC3)CCCC1. The van der Waals surface area contributed by atoms with Crippen LogP contribution in [-0.4, -0.2) is 6.08 Å². The molecule has 0 spiro atoms. The van der Waals surface area contributed by atoms with E-state index in [9.17, 15) is 9.18 Å². The summed E-state index contributed by atoms with van der Waals surface area (Å²) in [6.45, 7) is 0. The predicted octanol–water partition coefficient (Wildman–Crippen LogP) is 3.81. The van der Waals surface area contributed by atoms with E-state index in [1.165, 1.54) is 0 Å².